The number of aliphatic hydroxyl groups is 1. The summed E-state index contributed by atoms with van der Waals surface area (Å²) >= 11 is 6.00. The first-order valence-electron chi connectivity index (χ1n) is 9.55. The van der Waals surface area contributed by atoms with Gasteiger partial charge in [-0.25, -0.2) is 0 Å². The Morgan fingerprint density at radius 2 is 1.97 bits per heavy atom. The van der Waals surface area contributed by atoms with Crippen molar-refractivity contribution < 1.29 is 19.4 Å². The number of nitrogens with zero attached hydrogens (tertiary/aromatic N) is 1. The van der Waals surface area contributed by atoms with E-state index in [1.54, 1.807) is 31.4 Å². The van der Waals surface area contributed by atoms with Crippen LogP contribution < -0.4 is 4.74 Å². The lowest BCUT2D eigenvalue weighted by Gasteiger charge is -2.26. The number of fused-ring (bicyclic) bond motifs is 1. The molecule has 1 atom stereocenters. The average molecular weight is 425 g/mol. The molecule has 2 N–H and O–H groups in total. The smallest absolute Gasteiger partial charge is 0.290 e. The van der Waals surface area contributed by atoms with E-state index < -0.39 is 17.7 Å². The second-order valence-corrected chi connectivity index (χ2v) is 7.68. The molecule has 154 valence electrons. The zero-order valence-electron chi connectivity index (χ0n) is 16.6. The van der Waals surface area contributed by atoms with Crippen LogP contribution in [-0.4, -0.2) is 40.3 Å². The molecular weight excluding hydrogens is 404 g/mol. The SMILES string of the molecule is COc1ccc2[nH]cc(CCN3C(=O)C(O)=C(C(C)=O)[C@H]3c3ccc(Cl)cc3)c2c1. The van der Waals surface area contributed by atoms with Gasteiger partial charge in [-0.3, -0.25) is 9.59 Å². The van der Waals surface area contributed by atoms with Crippen LogP contribution >= 0.6 is 11.6 Å². The third-order valence-corrected chi connectivity index (χ3v) is 5.72. The van der Waals surface area contributed by atoms with Crippen molar-refractivity contribution in [2.75, 3.05) is 13.7 Å². The fourth-order valence-corrected chi connectivity index (χ4v) is 4.09. The Kier molecular flexibility index (Phi) is 5.26. The molecule has 2 heterocycles. The van der Waals surface area contributed by atoms with Gasteiger partial charge in [-0.2, -0.15) is 0 Å². The predicted molar refractivity (Wildman–Crippen MR) is 115 cm³/mol. The summed E-state index contributed by atoms with van der Waals surface area (Å²) in [6, 6.07) is 12.1. The van der Waals surface area contributed by atoms with Crippen molar-refractivity contribution in [3.8, 4) is 5.75 Å². The van der Waals surface area contributed by atoms with E-state index in [-0.39, 0.29) is 11.4 Å². The van der Waals surface area contributed by atoms with Crippen LogP contribution in [0.3, 0.4) is 0 Å². The average Bonchev–Trinajstić information content (AvgIpc) is 3.25. The number of ether oxygens (including phenoxy) is 1. The maximum atomic E-state index is 12.8. The van der Waals surface area contributed by atoms with Crippen LogP contribution in [0.2, 0.25) is 5.02 Å². The molecule has 0 saturated carbocycles. The maximum absolute atomic E-state index is 12.8. The van der Waals surface area contributed by atoms with E-state index in [2.05, 4.69) is 4.98 Å². The first-order valence-corrected chi connectivity index (χ1v) is 9.93. The Hall–Kier alpha value is -3.25. The molecule has 0 fully saturated rings. The molecule has 6 nitrogen and oxygen atoms in total. The summed E-state index contributed by atoms with van der Waals surface area (Å²) in [5.74, 6) is -0.612. The lowest BCUT2D eigenvalue weighted by molar-refractivity contribution is -0.129. The molecule has 0 unspecified atom stereocenters. The molecule has 0 spiro atoms. The number of hydrogen-bond donors (Lipinski definition) is 2. The van der Waals surface area contributed by atoms with Crippen molar-refractivity contribution >= 4 is 34.2 Å². The summed E-state index contributed by atoms with van der Waals surface area (Å²) in [5.41, 5.74) is 2.83. The van der Waals surface area contributed by atoms with Gasteiger partial charge in [0.25, 0.3) is 5.91 Å². The number of ketones is 1. The van der Waals surface area contributed by atoms with Gasteiger partial charge in [-0.05, 0) is 54.8 Å². The molecule has 1 amide bonds. The summed E-state index contributed by atoms with van der Waals surface area (Å²) in [6.45, 7) is 1.69. The molecular formula is C23H21ClN2O4. The van der Waals surface area contributed by atoms with Crippen LogP contribution in [0.15, 0.2) is 60.0 Å². The quantitative estimate of drug-likeness (QED) is 0.616. The zero-order chi connectivity index (χ0) is 21.4. The Labute approximate surface area is 178 Å². The highest BCUT2D eigenvalue weighted by atomic mass is 35.5. The van der Waals surface area contributed by atoms with Gasteiger partial charge in [0.05, 0.1) is 18.7 Å². The number of aromatic amines is 1. The Balaban J connectivity index is 1.66. The second kappa shape index (κ2) is 7.88. The van der Waals surface area contributed by atoms with Gasteiger partial charge in [-0.1, -0.05) is 23.7 Å². The summed E-state index contributed by atoms with van der Waals surface area (Å²) < 4.78 is 5.31. The number of H-pyrrole nitrogens is 1. The number of Topliss-reactive ketones (excluding diaryl/α,β-unsaturated/α-hetero) is 1. The number of carbonyl (C=O) groups is 2. The van der Waals surface area contributed by atoms with Crippen LogP contribution in [0.25, 0.3) is 10.9 Å². The van der Waals surface area contributed by atoms with E-state index in [0.29, 0.717) is 18.0 Å². The number of aromatic nitrogens is 1. The van der Waals surface area contributed by atoms with Gasteiger partial charge in [0.15, 0.2) is 11.5 Å². The molecule has 4 rings (SSSR count). The van der Waals surface area contributed by atoms with Crippen molar-refractivity contribution in [2.24, 2.45) is 0 Å². The number of halogens is 1. The van der Waals surface area contributed by atoms with Crippen molar-refractivity contribution in [3.05, 3.63) is 76.1 Å². The molecule has 7 heteroatoms. The fraction of sp³-hybridized carbons (Fsp3) is 0.217. The molecule has 1 aliphatic heterocycles. The number of aliphatic hydroxyl groups excluding tert-OH is 1. The lowest BCUT2D eigenvalue weighted by atomic mass is 9.96. The number of carbonyl (C=O) groups excluding carboxylic acids is 2. The van der Waals surface area contributed by atoms with Crippen LogP contribution in [0.1, 0.15) is 24.1 Å². The van der Waals surface area contributed by atoms with E-state index >= 15 is 0 Å². The normalized spacial score (nSPS) is 16.6. The summed E-state index contributed by atoms with van der Waals surface area (Å²) in [5, 5.41) is 12.0. The van der Waals surface area contributed by atoms with Gasteiger partial charge < -0.3 is 19.7 Å². The van der Waals surface area contributed by atoms with E-state index in [4.69, 9.17) is 16.3 Å². The zero-order valence-corrected chi connectivity index (χ0v) is 17.4. The van der Waals surface area contributed by atoms with E-state index in [1.807, 2.05) is 24.4 Å². The maximum Gasteiger partial charge on any atom is 0.290 e. The molecule has 3 aromatic rings. The molecule has 2 aromatic carbocycles. The van der Waals surface area contributed by atoms with Crippen molar-refractivity contribution in [2.45, 2.75) is 19.4 Å². The van der Waals surface area contributed by atoms with Crippen LogP contribution in [0.5, 0.6) is 5.75 Å². The standard InChI is InChI=1S/C23H21ClN2O4/c1-13(27)20-21(14-3-5-16(24)6-4-14)26(23(29)22(20)28)10-9-15-12-25-19-8-7-17(30-2)11-18(15)19/h3-8,11-12,21,25,28H,9-10H2,1-2H3/t21-/m1/s1. The molecule has 1 aromatic heterocycles. The largest absolute Gasteiger partial charge is 0.503 e. The summed E-state index contributed by atoms with van der Waals surface area (Å²) in [4.78, 5) is 29.8. The van der Waals surface area contributed by atoms with Crippen LogP contribution in [0, 0.1) is 0 Å². The number of methoxy groups -OCH3 is 1. The first-order chi connectivity index (χ1) is 14.4. The van der Waals surface area contributed by atoms with Gasteiger partial charge in [0.1, 0.15) is 5.75 Å². The third-order valence-electron chi connectivity index (χ3n) is 5.47. The Bertz CT molecular complexity index is 1160. The van der Waals surface area contributed by atoms with Crippen molar-refractivity contribution in [1.82, 2.24) is 9.88 Å². The predicted octanol–water partition coefficient (Wildman–Crippen LogP) is 4.36. The van der Waals surface area contributed by atoms with Crippen LogP contribution in [-0.2, 0) is 16.0 Å². The summed E-state index contributed by atoms with van der Waals surface area (Å²) in [7, 11) is 1.62. The minimum absolute atomic E-state index is 0.114. The highest BCUT2D eigenvalue weighted by Gasteiger charge is 2.42. The summed E-state index contributed by atoms with van der Waals surface area (Å²) in [6.07, 6.45) is 2.45. The van der Waals surface area contributed by atoms with E-state index in [1.165, 1.54) is 11.8 Å². The molecule has 1 aliphatic rings. The van der Waals surface area contributed by atoms with E-state index in [9.17, 15) is 14.7 Å². The molecule has 0 saturated heterocycles. The van der Waals surface area contributed by atoms with Gasteiger partial charge in [0, 0.05) is 28.7 Å². The van der Waals surface area contributed by atoms with E-state index in [0.717, 1.165) is 27.8 Å². The number of rotatable bonds is 6. The van der Waals surface area contributed by atoms with Crippen LogP contribution in [0.4, 0.5) is 0 Å². The number of nitrogens with one attached hydrogen (secondary N) is 1. The highest BCUT2D eigenvalue weighted by molar-refractivity contribution is 6.30. The minimum atomic E-state index is -0.646. The number of hydrogen-bond acceptors (Lipinski definition) is 4. The van der Waals surface area contributed by atoms with Crippen molar-refractivity contribution in [1.29, 1.82) is 0 Å². The van der Waals surface area contributed by atoms with Gasteiger partial charge >= 0.3 is 0 Å². The monoisotopic (exact) mass is 424 g/mol. The molecule has 0 radical (unpaired) electrons. The van der Waals surface area contributed by atoms with Gasteiger partial charge in [-0.15, -0.1) is 0 Å². The van der Waals surface area contributed by atoms with Crippen molar-refractivity contribution in [3.63, 3.8) is 0 Å². The van der Waals surface area contributed by atoms with Gasteiger partial charge in [0.2, 0.25) is 0 Å². The Morgan fingerprint density at radius 3 is 2.63 bits per heavy atom. The molecule has 0 aliphatic carbocycles. The number of amides is 1. The molecule has 30 heavy (non-hydrogen) atoms. The second-order valence-electron chi connectivity index (χ2n) is 7.25. The topological polar surface area (TPSA) is 82.6 Å². The first kappa shape index (κ1) is 20.0. The number of benzene rings is 2. The minimum Gasteiger partial charge on any atom is -0.503 e. The lowest BCUT2D eigenvalue weighted by Crippen LogP contribution is -2.32. The Morgan fingerprint density at radius 1 is 1.23 bits per heavy atom. The highest BCUT2D eigenvalue weighted by Crippen LogP contribution is 2.38. The fourth-order valence-electron chi connectivity index (χ4n) is 3.97. The molecule has 0 bridgehead atoms. The third kappa shape index (κ3) is 3.44.